The van der Waals surface area contributed by atoms with Crippen LogP contribution in [0.3, 0.4) is 0 Å². The van der Waals surface area contributed by atoms with Crippen LogP contribution in [0.15, 0.2) is 24.3 Å². The third kappa shape index (κ3) is 2.58. The number of rotatable bonds is 2. The minimum atomic E-state index is 0.443. The summed E-state index contributed by atoms with van der Waals surface area (Å²) >= 11 is 6.00. The quantitative estimate of drug-likeness (QED) is 0.839. The summed E-state index contributed by atoms with van der Waals surface area (Å²) in [5.74, 6) is 1.29. The van der Waals surface area contributed by atoms with Gasteiger partial charge in [-0.3, -0.25) is 0 Å². The molecule has 0 saturated heterocycles. The van der Waals surface area contributed by atoms with Crippen molar-refractivity contribution >= 4 is 23.1 Å². The zero-order chi connectivity index (χ0) is 13.1. The highest BCUT2D eigenvalue weighted by atomic mass is 35.5. The fourth-order valence-corrected chi connectivity index (χ4v) is 1.69. The molecular weight excluding hydrogens is 248 g/mol. The number of hydrogen-bond donors (Lipinski definition) is 1. The second-order valence-corrected chi connectivity index (χ2v) is 4.21. The lowest BCUT2D eigenvalue weighted by Crippen LogP contribution is -2.01. The van der Waals surface area contributed by atoms with Crippen LogP contribution < -0.4 is 5.32 Å². The summed E-state index contributed by atoms with van der Waals surface area (Å²) in [7, 11) is 0. The van der Waals surface area contributed by atoms with Crippen molar-refractivity contribution in [3.8, 4) is 6.07 Å². The Kier molecular flexibility index (Phi) is 3.45. The van der Waals surface area contributed by atoms with E-state index in [0.717, 1.165) is 11.3 Å². The molecule has 1 heterocycles. The number of nitrogens with one attached hydrogen (secondary N) is 1. The second kappa shape index (κ2) is 5.03. The molecule has 0 atom stereocenters. The Morgan fingerprint density at radius 2 is 1.83 bits per heavy atom. The Hall–Kier alpha value is -2.12. The van der Waals surface area contributed by atoms with Gasteiger partial charge in [0.25, 0.3) is 0 Å². The van der Waals surface area contributed by atoms with Crippen molar-refractivity contribution in [1.82, 2.24) is 9.97 Å². The molecule has 0 amide bonds. The standard InChI is InChI=1S/C13H11ClN4/c1-8-12(14)16-9(2)17-13(8)18-11-5-3-10(7-15)4-6-11/h3-6H,1-2H3,(H,16,17,18). The van der Waals surface area contributed by atoms with Gasteiger partial charge in [0.05, 0.1) is 11.6 Å². The van der Waals surface area contributed by atoms with Crippen molar-refractivity contribution in [1.29, 1.82) is 5.26 Å². The molecule has 2 aromatic rings. The van der Waals surface area contributed by atoms with Gasteiger partial charge in [0.2, 0.25) is 0 Å². The zero-order valence-corrected chi connectivity index (χ0v) is 10.8. The molecule has 0 saturated carbocycles. The van der Waals surface area contributed by atoms with E-state index in [9.17, 15) is 0 Å². The first-order chi connectivity index (χ1) is 8.60. The number of halogens is 1. The lowest BCUT2D eigenvalue weighted by atomic mass is 10.2. The number of nitriles is 1. The van der Waals surface area contributed by atoms with Crippen LogP contribution in [0, 0.1) is 25.2 Å². The van der Waals surface area contributed by atoms with Gasteiger partial charge >= 0.3 is 0 Å². The fraction of sp³-hybridized carbons (Fsp3) is 0.154. The van der Waals surface area contributed by atoms with E-state index < -0.39 is 0 Å². The monoisotopic (exact) mass is 258 g/mol. The summed E-state index contributed by atoms with van der Waals surface area (Å²) in [5.41, 5.74) is 2.27. The third-order valence-electron chi connectivity index (χ3n) is 2.47. The van der Waals surface area contributed by atoms with Crippen molar-refractivity contribution in [3.05, 3.63) is 46.4 Å². The summed E-state index contributed by atoms with van der Waals surface area (Å²) in [4.78, 5) is 8.37. The zero-order valence-electron chi connectivity index (χ0n) is 10.0. The van der Waals surface area contributed by atoms with Gasteiger partial charge in [-0.2, -0.15) is 5.26 Å². The molecule has 0 bridgehead atoms. The predicted molar refractivity (Wildman–Crippen MR) is 71.0 cm³/mol. The van der Waals surface area contributed by atoms with Gasteiger partial charge in [-0.25, -0.2) is 9.97 Å². The van der Waals surface area contributed by atoms with Gasteiger partial charge in [0, 0.05) is 11.3 Å². The third-order valence-corrected chi connectivity index (χ3v) is 2.84. The van der Waals surface area contributed by atoms with Gasteiger partial charge in [-0.15, -0.1) is 0 Å². The molecule has 0 aliphatic rings. The molecule has 0 fully saturated rings. The fourth-order valence-electron chi connectivity index (χ4n) is 1.48. The van der Waals surface area contributed by atoms with E-state index in [1.165, 1.54) is 0 Å². The van der Waals surface area contributed by atoms with Crippen LogP contribution in [0.4, 0.5) is 11.5 Å². The van der Waals surface area contributed by atoms with Gasteiger partial charge in [0.15, 0.2) is 0 Å². The molecule has 4 nitrogen and oxygen atoms in total. The smallest absolute Gasteiger partial charge is 0.138 e. The summed E-state index contributed by atoms with van der Waals surface area (Å²) in [6.45, 7) is 3.64. The first-order valence-corrected chi connectivity index (χ1v) is 5.76. The van der Waals surface area contributed by atoms with Crippen molar-refractivity contribution in [3.63, 3.8) is 0 Å². The maximum absolute atomic E-state index is 8.73. The van der Waals surface area contributed by atoms with Gasteiger partial charge < -0.3 is 5.32 Å². The molecule has 5 heteroatoms. The van der Waals surface area contributed by atoms with E-state index >= 15 is 0 Å². The Labute approximate surface area is 110 Å². The van der Waals surface area contributed by atoms with Crippen molar-refractivity contribution in [2.24, 2.45) is 0 Å². The SMILES string of the molecule is Cc1nc(Cl)c(C)c(Nc2ccc(C#N)cc2)n1. The van der Waals surface area contributed by atoms with Crippen molar-refractivity contribution in [2.75, 3.05) is 5.32 Å². The molecule has 18 heavy (non-hydrogen) atoms. The van der Waals surface area contributed by atoms with Crippen LogP contribution in [-0.4, -0.2) is 9.97 Å². The molecule has 2 rings (SSSR count). The predicted octanol–water partition coefficient (Wildman–Crippen LogP) is 3.36. The molecular formula is C13H11ClN4. The summed E-state index contributed by atoms with van der Waals surface area (Å²) in [6, 6.07) is 9.21. The van der Waals surface area contributed by atoms with Crippen LogP contribution in [0.5, 0.6) is 0 Å². The summed E-state index contributed by atoms with van der Waals surface area (Å²) < 4.78 is 0. The van der Waals surface area contributed by atoms with E-state index in [0.29, 0.717) is 22.4 Å². The molecule has 0 unspecified atom stereocenters. The highest BCUT2D eigenvalue weighted by molar-refractivity contribution is 6.30. The van der Waals surface area contributed by atoms with E-state index in [2.05, 4.69) is 21.4 Å². The minimum Gasteiger partial charge on any atom is -0.340 e. The molecule has 1 aromatic heterocycles. The molecule has 0 spiro atoms. The van der Waals surface area contributed by atoms with Crippen LogP contribution in [0.1, 0.15) is 17.0 Å². The Bertz CT molecular complexity index is 614. The van der Waals surface area contributed by atoms with Gasteiger partial charge in [0.1, 0.15) is 16.8 Å². The van der Waals surface area contributed by atoms with Crippen molar-refractivity contribution < 1.29 is 0 Å². The number of anilines is 2. The van der Waals surface area contributed by atoms with E-state index in [4.69, 9.17) is 16.9 Å². The maximum atomic E-state index is 8.73. The average Bonchev–Trinajstić information content (AvgIpc) is 2.36. The highest BCUT2D eigenvalue weighted by Crippen LogP contribution is 2.23. The lowest BCUT2D eigenvalue weighted by Gasteiger charge is -2.10. The Balaban J connectivity index is 2.31. The van der Waals surface area contributed by atoms with Crippen LogP contribution in [-0.2, 0) is 0 Å². The Morgan fingerprint density at radius 1 is 1.17 bits per heavy atom. The molecule has 0 aliphatic heterocycles. The van der Waals surface area contributed by atoms with Crippen molar-refractivity contribution in [2.45, 2.75) is 13.8 Å². The second-order valence-electron chi connectivity index (χ2n) is 3.85. The van der Waals surface area contributed by atoms with E-state index in [1.54, 1.807) is 19.1 Å². The number of benzene rings is 1. The topological polar surface area (TPSA) is 61.6 Å². The first-order valence-electron chi connectivity index (χ1n) is 5.38. The maximum Gasteiger partial charge on any atom is 0.138 e. The molecule has 1 aromatic carbocycles. The summed E-state index contributed by atoms with van der Waals surface area (Å²) in [5, 5.41) is 12.3. The molecule has 90 valence electrons. The van der Waals surface area contributed by atoms with E-state index in [1.807, 2.05) is 19.1 Å². The molecule has 0 radical (unpaired) electrons. The van der Waals surface area contributed by atoms with Gasteiger partial charge in [-0.1, -0.05) is 11.6 Å². The number of nitrogens with zero attached hydrogens (tertiary/aromatic N) is 3. The van der Waals surface area contributed by atoms with Gasteiger partial charge in [-0.05, 0) is 38.1 Å². The number of aryl methyl sites for hydroxylation is 1. The van der Waals surface area contributed by atoms with E-state index in [-0.39, 0.29) is 0 Å². The average molecular weight is 259 g/mol. The van der Waals surface area contributed by atoms with Crippen LogP contribution >= 0.6 is 11.6 Å². The number of hydrogen-bond acceptors (Lipinski definition) is 4. The lowest BCUT2D eigenvalue weighted by molar-refractivity contribution is 1.04. The minimum absolute atomic E-state index is 0.443. The first kappa shape index (κ1) is 12.3. The largest absolute Gasteiger partial charge is 0.340 e. The normalized spacial score (nSPS) is 9.89. The molecule has 0 aliphatic carbocycles. The summed E-state index contributed by atoms with van der Waals surface area (Å²) in [6.07, 6.45) is 0. The van der Waals surface area contributed by atoms with Crippen LogP contribution in [0.25, 0.3) is 0 Å². The van der Waals surface area contributed by atoms with Crippen LogP contribution in [0.2, 0.25) is 5.15 Å². The molecule has 1 N–H and O–H groups in total. The highest BCUT2D eigenvalue weighted by Gasteiger charge is 2.07. The Morgan fingerprint density at radius 3 is 2.44 bits per heavy atom. The number of aromatic nitrogens is 2.